The number of amides is 2. The molecule has 1 atom stereocenters. The molecule has 0 saturated heterocycles. The van der Waals surface area contributed by atoms with E-state index < -0.39 is 35.4 Å². The van der Waals surface area contributed by atoms with E-state index in [-0.39, 0.29) is 37.0 Å². The van der Waals surface area contributed by atoms with Gasteiger partial charge in [0.2, 0.25) is 0 Å². The predicted octanol–water partition coefficient (Wildman–Crippen LogP) is 4.33. The molecule has 1 aliphatic heterocycles. The van der Waals surface area contributed by atoms with Crippen LogP contribution in [-0.4, -0.2) is 33.1 Å². The minimum atomic E-state index is -4.85. The maximum atomic E-state index is 14.1. The van der Waals surface area contributed by atoms with Crippen LogP contribution in [0.1, 0.15) is 44.9 Å². The summed E-state index contributed by atoms with van der Waals surface area (Å²) in [6.07, 6.45) is -0.568. The highest BCUT2D eigenvalue weighted by molar-refractivity contribution is 7.59. The minimum absolute atomic E-state index is 0. The molecule has 0 unspecified atom stereocenters. The molecule has 33 heavy (non-hydrogen) atoms. The van der Waals surface area contributed by atoms with Gasteiger partial charge in [0.15, 0.2) is 0 Å². The number of nitrogens with zero attached hydrogens (tertiary/aromatic N) is 4. The van der Waals surface area contributed by atoms with Crippen molar-refractivity contribution in [3.63, 3.8) is 0 Å². The van der Waals surface area contributed by atoms with Crippen molar-refractivity contribution in [1.82, 2.24) is 14.8 Å². The number of aromatic nitrogens is 3. The molecule has 7 nitrogen and oxygen atoms in total. The zero-order valence-electron chi connectivity index (χ0n) is 17.4. The second kappa shape index (κ2) is 8.85. The van der Waals surface area contributed by atoms with Crippen LogP contribution in [-0.2, 0) is 6.18 Å². The molecule has 2 aromatic heterocycles. The van der Waals surface area contributed by atoms with E-state index in [9.17, 15) is 27.2 Å². The predicted molar refractivity (Wildman–Crippen MR) is 117 cm³/mol. The molecule has 12 heteroatoms. The number of anilines is 2. The molecule has 0 fully saturated rings. The minimum Gasteiger partial charge on any atom is -0.320 e. The van der Waals surface area contributed by atoms with Gasteiger partial charge >= 0.3 is 6.18 Å². The van der Waals surface area contributed by atoms with Gasteiger partial charge in [-0.05, 0) is 43.7 Å². The van der Waals surface area contributed by atoms with Crippen molar-refractivity contribution >= 4 is 36.7 Å². The van der Waals surface area contributed by atoms with Gasteiger partial charge < -0.3 is 10.2 Å². The van der Waals surface area contributed by atoms with Gasteiger partial charge in [-0.25, -0.2) is 4.39 Å². The third-order valence-electron chi connectivity index (χ3n) is 5.21. The topological polar surface area (TPSA) is 80.1 Å². The smallest absolute Gasteiger partial charge is 0.320 e. The molecule has 2 amide bonds. The fraction of sp³-hybridized carbons (Fsp3) is 0.238. The lowest BCUT2D eigenvalue weighted by Crippen LogP contribution is -2.43. The molecule has 3 heterocycles. The number of alkyl halides is 3. The summed E-state index contributed by atoms with van der Waals surface area (Å²) in [6.45, 7) is 3.54. The number of fused-ring (bicyclic) bond motifs is 1. The van der Waals surface area contributed by atoms with Crippen molar-refractivity contribution < 1.29 is 27.2 Å². The average Bonchev–Trinajstić information content (AvgIpc) is 3.17. The Morgan fingerprint density at radius 3 is 2.58 bits per heavy atom. The third kappa shape index (κ3) is 4.42. The van der Waals surface area contributed by atoms with E-state index in [1.165, 1.54) is 17.1 Å². The molecule has 0 saturated carbocycles. The average molecular weight is 481 g/mol. The summed E-state index contributed by atoms with van der Waals surface area (Å²) in [5, 5.41) is 6.81. The number of nitrogens with one attached hydrogen (secondary N) is 1. The van der Waals surface area contributed by atoms with Gasteiger partial charge in [0.1, 0.15) is 11.5 Å². The van der Waals surface area contributed by atoms with Crippen molar-refractivity contribution in [2.45, 2.75) is 26.1 Å². The molecular weight excluding hydrogens is 462 g/mol. The number of benzene rings is 1. The molecule has 1 aliphatic rings. The monoisotopic (exact) mass is 481 g/mol. The molecule has 174 valence electrons. The first kappa shape index (κ1) is 24.2. The Morgan fingerprint density at radius 1 is 1.21 bits per heavy atom. The van der Waals surface area contributed by atoms with Crippen LogP contribution in [0.25, 0.3) is 0 Å². The van der Waals surface area contributed by atoms with E-state index in [4.69, 9.17) is 0 Å². The fourth-order valence-electron chi connectivity index (χ4n) is 3.54. The van der Waals surface area contributed by atoms with E-state index >= 15 is 0 Å². The van der Waals surface area contributed by atoms with Gasteiger partial charge in [0, 0.05) is 18.4 Å². The molecule has 0 spiro atoms. The van der Waals surface area contributed by atoms with Gasteiger partial charge in [-0.3, -0.25) is 19.3 Å². The Hall–Kier alpha value is -3.41. The fourth-order valence-corrected chi connectivity index (χ4v) is 3.54. The molecule has 4 rings (SSSR count). The van der Waals surface area contributed by atoms with Crippen molar-refractivity contribution in [3.05, 3.63) is 71.1 Å². The number of pyridine rings is 1. The maximum absolute atomic E-state index is 14.1. The quantitative estimate of drug-likeness (QED) is 0.565. The van der Waals surface area contributed by atoms with Crippen LogP contribution in [0, 0.1) is 12.7 Å². The van der Waals surface area contributed by atoms with Crippen LogP contribution in [0.2, 0.25) is 0 Å². The summed E-state index contributed by atoms with van der Waals surface area (Å²) >= 11 is 0. The van der Waals surface area contributed by atoms with E-state index in [2.05, 4.69) is 15.4 Å². The van der Waals surface area contributed by atoms with Crippen molar-refractivity contribution in [2.24, 2.45) is 0 Å². The second-order valence-electron chi connectivity index (χ2n) is 7.42. The summed E-state index contributed by atoms with van der Waals surface area (Å²) in [4.78, 5) is 31.1. The molecule has 1 aromatic carbocycles. The summed E-state index contributed by atoms with van der Waals surface area (Å²) in [7, 11) is 0. The van der Waals surface area contributed by atoms with Gasteiger partial charge in [0.05, 0.1) is 35.2 Å². The number of halogens is 4. The number of hydrogen-bond acceptors (Lipinski definition) is 4. The zero-order chi connectivity index (χ0) is 23.2. The lowest BCUT2D eigenvalue weighted by Gasteiger charge is -2.32. The van der Waals surface area contributed by atoms with Gasteiger partial charge in [-0.1, -0.05) is 0 Å². The summed E-state index contributed by atoms with van der Waals surface area (Å²) < 4.78 is 54.1. The van der Waals surface area contributed by atoms with Gasteiger partial charge in [-0.15, -0.1) is 0 Å². The molecule has 0 bridgehead atoms. The van der Waals surface area contributed by atoms with Crippen LogP contribution in [0.3, 0.4) is 0 Å². The van der Waals surface area contributed by atoms with Crippen LogP contribution >= 0.6 is 13.5 Å². The second-order valence-corrected chi connectivity index (χ2v) is 7.42. The highest BCUT2D eigenvalue weighted by Crippen LogP contribution is 2.35. The number of aryl methyl sites for hydroxylation is 1. The van der Waals surface area contributed by atoms with Gasteiger partial charge in [0.25, 0.3) is 11.8 Å². The molecule has 0 radical (unpaired) electrons. The lowest BCUT2D eigenvalue weighted by atomic mass is 10.1. The summed E-state index contributed by atoms with van der Waals surface area (Å²) in [5.41, 5.74) is -0.304. The molecular formula is C21H19F4N5O2S. The number of hydrogen-bond donors (Lipinski definition) is 1. The number of carbonyl (C=O) groups is 2. The Morgan fingerprint density at radius 2 is 1.94 bits per heavy atom. The highest BCUT2D eigenvalue weighted by atomic mass is 32.1. The standard InChI is InChI=1S/C21H17F4N5O2.H2S/c1-11-5-6-26-9-17(11)28-19(31)14-8-27-30-12(2)10-29(20(32)18(14)30)13-3-4-15(16(22)7-13)21(23,24)25;/h3-9,12H,10H2,1-2H3,(H,28,31);1H2/t12-;/m0./s1. The Labute approximate surface area is 192 Å². The van der Waals surface area contributed by atoms with E-state index in [0.29, 0.717) is 17.8 Å². The molecule has 0 aliphatic carbocycles. The zero-order valence-corrected chi connectivity index (χ0v) is 18.4. The van der Waals surface area contributed by atoms with Crippen LogP contribution in [0.4, 0.5) is 28.9 Å². The first-order valence-corrected chi connectivity index (χ1v) is 9.56. The Balaban J connectivity index is 0.00000306. The van der Waals surface area contributed by atoms with Crippen LogP contribution < -0.4 is 10.2 Å². The SMILES string of the molecule is Cc1ccncc1NC(=O)c1cnn2c1C(=O)N(c1ccc(C(F)(F)F)c(F)c1)C[C@@H]2C.S. The van der Waals surface area contributed by atoms with Gasteiger partial charge in [-0.2, -0.15) is 31.8 Å². The summed E-state index contributed by atoms with van der Waals surface area (Å²) in [6, 6.07) is 3.58. The maximum Gasteiger partial charge on any atom is 0.419 e. The molecule has 1 N–H and O–H groups in total. The first-order valence-electron chi connectivity index (χ1n) is 9.56. The Bertz CT molecular complexity index is 1230. The van der Waals surface area contributed by atoms with E-state index in [0.717, 1.165) is 16.5 Å². The largest absolute Gasteiger partial charge is 0.419 e. The summed E-state index contributed by atoms with van der Waals surface area (Å²) in [5.74, 6) is -2.75. The van der Waals surface area contributed by atoms with Crippen LogP contribution in [0.5, 0.6) is 0 Å². The Kier molecular flexibility index (Phi) is 6.50. The lowest BCUT2D eigenvalue weighted by molar-refractivity contribution is -0.139. The molecule has 3 aromatic rings. The van der Waals surface area contributed by atoms with Crippen molar-refractivity contribution in [3.8, 4) is 0 Å². The number of rotatable bonds is 3. The van der Waals surface area contributed by atoms with Crippen LogP contribution in [0.15, 0.2) is 42.9 Å². The van der Waals surface area contributed by atoms with E-state index in [1.54, 1.807) is 26.1 Å². The highest BCUT2D eigenvalue weighted by Gasteiger charge is 2.37. The third-order valence-corrected chi connectivity index (χ3v) is 5.21. The van der Waals surface area contributed by atoms with Crippen molar-refractivity contribution in [1.29, 1.82) is 0 Å². The number of carbonyl (C=O) groups excluding carboxylic acids is 2. The van der Waals surface area contributed by atoms with Crippen molar-refractivity contribution in [2.75, 3.05) is 16.8 Å². The van der Waals surface area contributed by atoms with E-state index in [1.807, 2.05) is 0 Å². The normalized spacial score (nSPS) is 15.6. The first-order chi connectivity index (χ1) is 15.1.